The van der Waals surface area contributed by atoms with Gasteiger partial charge in [-0.1, -0.05) is 23.2 Å². The molecule has 0 aromatic heterocycles. The van der Waals surface area contributed by atoms with Crippen LogP contribution in [0.5, 0.6) is 0 Å². The van der Waals surface area contributed by atoms with Crippen molar-refractivity contribution in [2.24, 2.45) is 0 Å². The normalized spacial score (nSPS) is 9.58. The third-order valence-corrected chi connectivity index (χ3v) is 2.17. The van der Waals surface area contributed by atoms with Crippen molar-refractivity contribution >= 4 is 55.4 Å². The first-order chi connectivity index (χ1) is 5.59. The Hall–Kier alpha value is -0.000000000000000111. The van der Waals surface area contributed by atoms with Gasteiger partial charge < -0.3 is 5.32 Å². The van der Waals surface area contributed by atoms with Gasteiger partial charge in [0.15, 0.2) is 0 Å². The Balaban J connectivity index is 2.89. The van der Waals surface area contributed by atoms with E-state index in [1.165, 1.54) is 0 Å². The van der Waals surface area contributed by atoms with Crippen LogP contribution in [-0.4, -0.2) is 3.91 Å². The standard InChI is InChI=1S/C7H4Cl2INO/c8-5-2-1-4(3-6(5)9)11-7(10)12/h1-3H,(H,11,12). The minimum absolute atomic E-state index is 0.161. The molecule has 64 valence electrons. The highest BCUT2D eigenvalue weighted by Gasteiger charge is 2.00. The van der Waals surface area contributed by atoms with Gasteiger partial charge in [-0.15, -0.1) is 0 Å². The summed E-state index contributed by atoms with van der Waals surface area (Å²) in [6.07, 6.45) is 0. The van der Waals surface area contributed by atoms with Crippen molar-refractivity contribution in [1.29, 1.82) is 0 Å². The summed E-state index contributed by atoms with van der Waals surface area (Å²) >= 11 is 13.0. The Kier molecular flexibility index (Phi) is 3.61. The summed E-state index contributed by atoms with van der Waals surface area (Å²) in [4.78, 5) is 10.6. The molecule has 1 rings (SSSR count). The van der Waals surface area contributed by atoms with Crippen LogP contribution in [0.2, 0.25) is 10.0 Å². The van der Waals surface area contributed by atoms with Crippen molar-refractivity contribution in [2.75, 3.05) is 5.32 Å². The van der Waals surface area contributed by atoms with Gasteiger partial charge in [0.25, 0.3) is 3.91 Å². The van der Waals surface area contributed by atoms with Crippen molar-refractivity contribution in [3.8, 4) is 0 Å². The number of amides is 1. The van der Waals surface area contributed by atoms with Crippen LogP contribution < -0.4 is 5.32 Å². The molecule has 0 spiro atoms. The van der Waals surface area contributed by atoms with E-state index in [0.29, 0.717) is 15.7 Å². The Morgan fingerprint density at radius 2 is 2.00 bits per heavy atom. The van der Waals surface area contributed by atoms with Crippen LogP contribution in [0.1, 0.15) is 0 Å². The Morgan fingerprint density at radius 3 is 2.50 bits per heavy atom. The van der Waals surface area contributed by atoms with Gasteiger partial charge in [-0.2, -0.15) is 0 Å². The van der Waals surface area contributed by atoms with Crippen molar-refractivity contribution in [3.05, 3.63) is 28.2 Å². The molecule has 0 heterocycles. The fourth-order valence-electron chi connectivity index (χ4n) is 0.687. The number of carbonyl (C=O) groups excluding carboxylic acids is 1. The SMILES string of the molecule is O=C(I)Nc1ccc(Cl)c(Cl)c1. The molecule has 1 aromatic rings. The van der Waals surface area contributed by atoms with Crippen LogP contribution in [0.25, 0.3) is 0 Å². The third kappa shape index (κ3) is 2.80. The van der Waals surface area contributed by atoms with Gasteiger partial charge in [-0.25, -0.2) is 0 Å². The molecule has 0 unspecified atom stereocenters. The zero-order valence-electron chi connectivity index (χ0n) is 5.77. The first kappa shape index (κ1) is 10.1. The summed E-state index contributed by atoms with van der Waals surface area (Å²) in [6, 6.07) is 4.91. The average molecular weight is 316 g/mol. The van der Waals surface area contributed by atoms with Gasteiger partial charge in [-0.05, 0) is 18.2 Å². The molecule has 1 aromatic carbocycles. The lowest BCUT2D eigenvalue weighted by Crippen LogP contribution is -1.99. The van der Waals surface area contributed by atoms with Gasteiger partial charge in [0.2, 0.25) is 0 Å². The number of benzene rings is 1. The maximum absolute atomic E-state index is 10.6. The molecule has 0 radical (unpaired) electrons. The molecular weight excluding hydrogens is 312 g/mol. The molecule has 12 heavy (non-hydrogen) atoms. The molecule has 0 aliphatic rings. The molecule has 0 aliphatic carbocycles. The topological polar surface area (TPSA) is 29.1 Å². The first-order valence-corrected chi connectivity index (χ1v) is 4.84. The summed E-state index contributed by atoms with van der Waals surface area (Å²) in [5, 5.41) is 3.48. The Bertz CT molecular complexity index is 316. The predicted molar refractivity (Wildman–Crippen MR) is 59.5 cm³/mol. The number of halogens is 3. The minimum Gasteiger partial charge on any atom is -0.317 e. The first-order valence-electron chi connectivity index (χ1n) is 3.01. The smallest absolute Gasteiger partial charge is 0.284 e. The minimum atomic E-state index is -0.161. The highest BCUT2D eigenvalue weighted by molar-refractivity contribution is 14.1. The van der Waals surface area contributed by atoms with Crippen LogP contribution in [0, 0.1) is 0 Å². The average Bonchev–Trinajstić information content (AvgIpc) is 1.96. The van der Waals surface area contributed by atoms with Gasteiger partial charge >= 0.3 is 0 Å². The molecule has 1 amide bonds. The van der Waals surface area contributed by atoms with Crippen LogP contribution in [0.15, 0.2) is 18.2 Å². The van der Waals surface area contributed by atoms with Crippen LogP contribution in [-0.2, 0) is 0 Å². The molecule has 0 fully saturated rings. The van der Waals surface area contributed by atoms with Gasteiger partial charge in [0, 0.05) is 28.3 Å². The quantitative estimate of drug-likeness (QED) is 0.474. The fraction of sp³-hybridized carbons (Fsp3) is 0. The monoisotopic (exact) mass is 315 g/mol. The van der Waals surface area contributed by atoms with E-state index < -0.39 is 0 Å². The molecule has 1 N–H and O–H groups in total. The highest BCUT2D eigenvalue weighted by Crippen LogP contribution is 2.25. The van der Waals surface area contributed by atoms with E-state index in [2.05, 4.69) is 5.32 Å². The van der Waals surface area contributed by atoms with E-state index in [4.69, 9.17) is 23.2 Å². The zero-order chi connectivity index (χ0) is 9.14. The Morgan fingerprint density at radius 1 is 1.33 bits per heavy atom. The summed E-state index contributed by atoms with van der Waals surface area (Å²) < 4.78 is -0.161. The lowest BCUT2D eigenvalue weighted by Gasteiger charge is -2.01. The lowest BCUT2D eigenvalue weighted by molar-refractivity contribution is 0.272. The lowest BCUT2D eigenvalue weighted by atomic mass is 10.3. The molecule has 0 atom stereocenters. The van der Waals surface area contributed by atoms with E-state index in [1.807, 2.05) is 0 Å². The Labute approximate surface area is 93.4 Å². The van der Waals surface area contributed by atoms with Crippen LogP contribution in [0.4, 0.5) is 10.5 Å². The van der Waals surface area contributed by atoms with Gasteiger partial charge in [-0.3, -0.25) is 4.79 Å². The number of nitrogens with one attached hydrogen (secondary N) is 1. The summed E-state index contributed by atoms with van der Waals surface area (Å²) in [6.45, 7) is 0. The number of hydrogen-bond donors (Lipinski definition) is 1. The van der Waals surface area contributed by atoms with Gasteiger partial charge in [0.05, 0.1) is 10.0 Å². The molecule has 0 saturated heterocycles. The summed E-state index contributed by atoms with van der Waals surface area (Å²) in [5.41, 5.74) is 0.642. The van der Waals surface area contributed by atoms with E-state index in [1.54, 1.807) is 40.8 Å². The summed E-state index contributed by atoms with van der Waals surface area (Å²) in [5.74, 6) is 0. The van der Waals surface area contributed by atoms with Crippen molar-refractivity contribution in [1.82, 2.24) is 0 Å². The second kappa shape index (κ2) is 4.30. The van der Waals surface area contributed by atoms with Crippen molar-refractivity contribution in [3.63, 3.8) is 0 Å². The van der Waals surface area contributed by atoms with E-state index in [-0.39, 0.29) is 3.91 Å². The molecule has 2 nitrogen and oxygen atoms in total. The molecule has 0 saturated carbocycles. The van der Waals surface area contributed by atoms with Crippen molar-refractivity contribution < 1.29 is 4.79 Å². The largest absolute Gasteiger partial charge is 0.317 e. The molecule has 5 heteroatoms. The van der Waals surface area contributed by atoms with E-state index in [9.17, 15) is 4.79 Å². The number of hydrogen-bond acceptors (Lipinski definition) is 1. The van der Waals surface area contributed by atoms with Crippen molar-refractivity contribution in [2.45, 2.75) is 0 Å². The maximum atomic E-state index is 10.6. The third-order valence-electron chi connectivity index (χ3n) is 1.16. The van der Waals surface area contributed by atoms with E-state index in [0.717, 1.165) is 0 Å². The highest BCUT2D eigenvalue weighted by atomic mass is 127. The molecule has 0 bridgehead atoms. The second-order valence-corrected chi connectivity index (χ2v) is 3.82. The zero-order valence-corrected chi connectivity index (χ0v) is 9.44. The van der Waals surface area contributed by atoms with Crippen LogP contribution in [0.3, 0.4) is 0 Å². The summed E-state index contributed by atoms with van der Waals surface area (Å²) in [7, 11) is 0. The molecular formula is C7H4Cl2INO. The van der Waals surface area contributed by atoms with Gasteiger partial charge in [0.1, 0.15) is 0 Å². The van der Waals surface area contributed by atoms with E-state index >= 15 is 0 Å². The fourth-order valence-corrected chi connectivity index (χ4v) is 1.30. The number of carbonyl (C=O) groups is 1. The maximum Gasteiger partial charge on any atom is 0.284 e. The van der Waals surface area contributed by atoms with Crippen LogP contribution >= 0.6 is 45.8 Å². The number of anilines is 1. The second-order valence-electron chi connectivity index (χ2n) is 2.03. The number of rotatable bonds is 1. The predicted octanol–water partition coefficient (Wildman–Crippen LogP) is 3.96. The molecule has 0 aliphatic heterocycles.